The Bertz CT molecular complexity index is 1260. The lowest BCUT2D eigenvalue weighted by atomic mass is 10.1. The Balaban J connectivity index is 4.54. The minimum Gasteiger partial charge on any atom is -0.462 e. The largest absolute Gasteiger partial charge is 0.462 e. The second kappa shape index (κ2) is 50.0. The highest BCUT2D eigenvalue weighted by molar-refractivity contribution is 5.71. The average Bonchev–Trinajstić information content (AvgIpc) is 3.27. The molecule has 0 rings (SSSR count). The van der Waals surface area contributed by atoms with Crippen molar-refractivity contribution in [3.8, 4) is 0 Å². The topological polar surface area (TPSA) is 78.9 Å². The zero-order valence-corrected chi connectivity index (χ0v) is 40.1. The molecule has 1 atom stereocenters. The molecule has 0 fully saturated rings. The van der Waals surface area contributed by atoms with E-state index in [0.29, 0.717) is 19.3 Å². The molecule has 6 nitrogen and oxygen atoms in total. The fourth-order valence-corrected chi connectivity index (χ4v) is 6.63. The molecule has 0 spiro atoms. The highest BCUT2D eigenvalue weighted by Gasteiger charge is 2.19. The van der Waals surface area contributed by atoms with E-state index in [-0.39, 0.29) is 37.5 Å². The van der Waals surface area contributed by atoms with Crippen LogP contribution in [0.3, 0.4) is 0 Å². The van der Waals surface area contributed by atoms with Crippen molar-refractivity contribution in [1.82, 2.24) is 0 Å². The summed E-state index contributed by atoms with van der Waals surface area (Å²) in [6.07, 6.45) is 65.4. The molecule has 0 aromatic rings. The fourth-order valence-electron chi connectivity index (χ4n) is 6.63. The molecule has 0 heterocycles. The number of esters is 3. The number of allylic oxidation sites excluding steroid dienone is 16. The van der Waals surface area contributed by atoms with Crippen LogP contribution in [0.25, 0.3) is 0 Å². The zero-order valence-electron chi connectivity index (χ0n) is 40.1. The first kappa shape index (κ1) is 58.3. The molecule has 0 aromatic carbocycles. The first-order chi connectivity index (χ1) is 30.5. The highest BCUT2D eigenvalue weighted by atomic mass is 16.6. The molecule has 0 saturated carbocycles. The molecule has 0 aromatic heterocycles. The Morgan fingerprint density at radius 3 is 1.15 bits per heavy atom. The van der Waals surface area contributed by atoms with Gasteiger partial charge in [0.05, 0.1) is 0 Å². The molecule has 352 valence electrons. The van der Waals surface area contributed by atoms with Gasteiger partial charge < -0.3 is 14.2 Å². The summed E-state index contributed by atoms with van der Waals surface area (Å²) in [6, 6.07) is 0. The third-order valence-corrected chi connectivity index (χ3v) is 10.4. The first-order valence-electron chi connectivity index (χ1n) is 25.3. The number of ether oxygens (including phenoxy) is 3. The standard InChI is InChI=1S/C56H92O6/c1-4-7-10-13-16-19-22-25-27-29-31-34-37-40-43-46-49-55(58)61-52-53(51-60-54(57)48-45-42-39-36-33-30-24-21-18-15-12-9-6-3)62-56(59)50-47-44-41-38-35-32-28-26-23-20-17-14-11-8-5-2/h9,12,15,18,20-21,23-24,27,29-31,33-34,36,39,53H,4-8,10-11,13-14,16-17,19,22,25-26,28,32,35,37-38,40-52H2,1-3H3/b12-9+,18-15+,23-20+,24-21+,29-27+,33-30+,34-31+,39-36+. The SMILES string of the molecule is CC/C=C/C=C/C=C/C=C/C=C/CCCC(=O)OCC(COC(=O)CCCCC/C=C/C=C/CCCCCCCCC)OC(=O)CCCCCCCCC/C=C/CCCCCC. The van der Waals surface area contributed by atoms with Crippen LogP contribution in [-0.2, 0) is 28.6 Å². The number of hydrogen-bond acceptors (Lipinski definition) is 6. The van der Waals surface area contributed by atoms with Gasteiger partial charge in [-0.05, 0) is 83.5 Å². The van der Waals surface area contributed by atoms with Gasteiger partial charge in [0.15, 0.2) is 6.10 Å². The molecule has 0 N–H and O–H groups in total. The van der Waals surface area contributed by atoms with Crippen molar-refractivity contribution in [1.29, 1.82) is 0 Å². The van der Waals surface area contributed by atoms with Crippen LogP contribution in [0.5, 0.6) is 0 Å². The number of rotatable bonds is 44. The Morgan fingerprint density at radius 2 is 0.661 bits per heavy atom. The van der Waals surface area contributed by atoms with Crippen LogP contribution in [0.2, 0.25) is 0 Å². The number of hydrogen-bond donors (Lipinski definition) is 0. The van der Waals surface area contributed by atoms with Crippen molar-refractivity contribution >= 4 is 17.9 Å². The quantitative estimate of drug-likeness (QED) is 0.0200. The van der Waals surface area contributed by atoms with Crippen LogP contribution in [-0.4, -0.2) is 37.2 Å². The van der Waals surface area contributed by atoms with E-state index >= 15 is 0 Å². The van der Waals surface area contributed by atoms with E-state index < -0.39 is 6.10 Å². The molecule has 0 amide bonds. The third-order valence-electron chi connectivity index (χ3n) is 10.4. The van der Waals surface area contributed by atoms with Crippen LogP contribution in [0.1, 0.15) is 220 Å². The van der Waals surface area contributed by atoms with Gasteiger partial charge in [-0.3, -0.25) is 14.4 Å². The molecule has 6 heteroatoms. The molecule has 1 unspecified atom stereocenters. The van der Waals surface area contributed by atoms with Gasteiger partial charge in [0.1, 0.15) is 13.2 Å². The van der Waals surface area contributed by atoms with Crippen LogP contribution < -0.4 is 0 Å². The lowest BCUT2D eigenvalue weighted by Crippen LogP contribution is -2.30. The normalized spacial score (nSPS) is 12.9. The van der Waals surface area contributed by atoms with E-state index in [9.17, 15) is 14.4 Å². The van der Waals surface area contributed by atoms with Gasteiger partial charge in [-0.1, -0.05) is 214 Å². The molecule has 0 aliphatic rings. The van der Waals surface area contributed by atoms with Crippen molar-refractivity contribution < 1.29 is 28.6 Å². The van der Waals surface area contributed by atoms with Crippen molar-refractivity contribution in [2.45, 2.75) is 226 Å². The number of carbonyl (C=O) groups is 3. The van der Waals surface area contributed by atoms with Crippen molar-refractivity contribution in [3.05, 3.63) is 97.2 Å². The van der Waals surface area contributed by atoms with Crippen molar-refractivity contribution in [2.75, 3.05) is 13.2 Å². The lowest BCUT2D eigenvalue weighted by Gasteiger charge is -2.18. The molecular weight excluding hydrogens is 769 g/mol. The third kappa shape index (κ3) is 47.4. The summed E-state index contributed by atoms with van der Waals surface area (Å²) < 4.78 is 16.7. The Morgan fingerprint density at radius 1 is 0.339 bits per heavy atom. The smallest absolute Gasteiger partial charge is 0.306 e. The molecule has 0 saturated heterocycles. The van der Waals surface area contributed by atoms with E-state index in [1.807, 2.05) is 54.7 Å². The fraction of sp³-hybridized carbons (Fsp3) is 0.661. The van der Waals surface area contributed by atoms with Gasteiger partial charge in [-0.15, -0.1) is 0 Å². The summed E-state index contributed by atoms with van der Waals surface area (Å²) in [4.78, 5) is 37.9. The van der Waals surface area contributed by atoms with E-state index in [4.69, 9.17) is 14.2 Å². The van der Waals surface area contributed by atoms with Crippen molar-refractivity contribution in [2.24, 2.45) is 0 Å². The van der Waals surface area contributed by atoms with Gasteiger partial charge in [-0.25, -0.2) is 0 Å². The molecule has 62 heavy (non-hydrogen) atoms. The highest BCUT2D eigenvalue weighted by Crippen LogP contribution is 2.13. The minimum absolute atomic E-state index is 0.116. The van der Waals surface area contributed by atoms with Gasteiger partial charge in [0, 0.05) is 19.3 Å². The maximum absolute atomic E-state index is 12.8. The monoisotopic (exact) mass is 861 g/mol. The second-order valence-electron chi connectivity index (χ2n) is 16.5. The van der Waals surface area contributed by atoms with Gasteiger partial charge >= 0.3 is 17.9 Å². The first-order valence-corrected chi connectivity index (χ1v) is 25.3. The summed E-state index contributed by atoms with van der Waals surface area (Å²) in [5, 5.41) is 0. The molecule has 0 aliphatic heterocycles. The zero-order chi connectivity index (χ0) is 45.1. The summed E-state index contributed by atoms with van der Waals surface area (Å²) >= 11 is 0. The molecule has 0 aliphatic carbocycles. The second-order valence-corrected chi connectivity index (χ2v) is 16.5. The summed E-state index contributed by atoms with van der Waals surface area (Å²) in [5.74, 6) is -1.03. The summed E-state index contributed by atoms with van der Waals surface area (Å²) in [7, 11) is 0. The van der Waals surface area contributed by atoms with Crippen LogP contribution in [0, 0.1) is 0 Å². The van der Waals surface area contributed by atoms with E-state index in [1.165, 1.54) is 109 Å². The van der Waals surface area contributed by atoms with Gasteiger partial charge in [-0.2, -0.15) is 0 Å². The van der Waals surface area contributed by atoms with E-state index in [2.05, 4.69) is 63.3 Å². The summed E-state index contributed by atoms with van der Waals surface area (Å²) in [5.41, 5.74) is 0. The lowest BCUT2D eigenvalue weighted by molar-refractivity contribution is -0.167. The van der Waals surface area contributed by atoms with Crippen molar-refractivity contribution in [3.63, 3.8) is 0 Å². The number of carbonyl (C=O) groups excluding carboxylic acids is 3. The maximum Gasteiger partial charge on any atom is 0.306 e. The van der Waals surface area contributed by atoms with E-state index in [1.54, 1.807) is 0 Å². The van der Waals surface area contributed by atoms with Gasteiger partial charge in [0.25, 0.3) is 0 Å². The predicted octanol–water partition coefficient (Wildman–Crippen LogP) is 16.6. The predicted molar refractivity (Wildman–Crippen MR) is 265 cm³/mol. The maximum atomic E-state index is 12.8. The summed E-state index contributed by atoms with van der Waals surface area (Å²) in [6.45, 7) is 6.37. The Hall–Kier alpha value is -3.67. The van der Waals surface area contributed by atoms with Gasteiger partial charge in [0.2, 0.25) is 0 Å². The minimum atomic E-state index is -0.819. The Kier molecular flexibility index (Phi) is 47.0. The molecule has 0 radical (unpaired) electrons. The Labute approximate surface area is 381 Å². The molecule has 0 bridgehead atoms. The number of unbranched alkanes of at least 4 members (excludes halogenated alkanes) is 22. The van der Waals surface area contributed by atoms with E-state index in [0.717, 1.165) is 64.2 Å². The van der Waals surface area contributed by atoms with Crippen LogP contribution >= 0.6 is 0 Å². The molecular formula is C56H92O6. The average molecular weight is 861 g/mol. The van der Waals surface area contributed by atoms with Crippen LogP contribution in [0.4, 0.5) is 0 Å². The van der Waals surface area contributed by atoms with Crippen LogP contribution in [0.15, 0.2) is 97.2 Å².